The first-order valence-corrected chi connectivity index (χ1v) is 9.35. The molecule has 1 atom stereocenters. The first kappa shape index (κ1) is 18.6. The normalized spacial score (nSPS) is 11.8. The van der Waals surface area contributed by atoms with Gasteiger partial charge in [0.25, 0.3) is 0 Å². The minimum absolute atomic E-state index is 0.264. The van der Waals surface area contributed by atoms with Crippen LogP contribution in [0.1, 0.15) is 38.1 Å². The van der Waals surface area contributed by atoms with Crippen LogP contribution >= 0.6 is 0 Å². The van der Waals surface area contributed by atoms with Gasteiger partial charge in [0.2, 0.25) is 5.78 Å². The van der Waals surface area contributed by atoms with Crippen LogP contribution in [0.3, 0.4) is 0 Å². The fraction of sp³-hybridized carbons (Fsp3) is 0.0800. The summed E-state index contributed by atoms with van der Waals surface area (Å²) in [6.45, 7) is 1.83. The molecule has 0 fully saturated rings. The summed E-state index contributed by atoms with van der Waals surface area (Å²) < 4.78 is 5.79. The first-order valence-electron chi connectivity index (χ1n) is 9.35. The third-order valence-corrected chi connectivity index (χ3v) is 4.69. The van der Waals surface area contributed by atoms with Crippen LogP contribution in [0.25, 0.3) is 10.9 Å². The summed E-state index contributed by atoms with van der Waals surface area (Å²) in [5.74, 6) is -0.815. The second-order valence-electron chi connectivity index (χ2n) is 6.75. The smallest absolute Gasteiger partial charge is 0.339 e. The van der Waals surface area contributed by atoms with Gasteiger partial charge in [0, 0.05) is 22.2 Å². The van der Waals surface area contributed by atoms with Crippen molar-refractivity contribution in [2.75, 3.05) is 0 Å². The molecule has 4 heteroatoms. The van der Waals surface area contributed by atoms with E-state index in [0.29, 0.717) is 33.3 Å². The number of benzene rings is 3. The molecule has 4 rings (SSSR count). The second kappa shape index (κ2) is 8.07. The predicted octanol–water partition coefficient (Wildman–Crippen LogP) is 5.32. The van der Waals surface area contributed by atoms with E-state index >= 15 is 0 Å². The zero-order chi connectivity index (χ0) is 20.2. The molecule has 0 unspecified atom stereocenters. The maximum atomic E-state index is 13.2. The lowest BCUT2D eigenvalue weighted by Gasteiger charge is -2.18. The molecule has 3 aromatic carbocycles. The van der Waals surface area contributed by atoms with E-state index in [0.717, 1.165) is 0 Å². The van der Waals surface area contributed by atoms with Gasteiger partial charge in [-0.3, -0.25) is 9.78 Å². The summed E-state index contributed by atoms with van der Waals surface area (Å²) in [6.07, 6.45) is -1.03. The monoisotopic (exact) mass is 381 g/mol. The van der Waals surface area contributed by atoms with Crippen molar-refractivity contribution < 1.29 is 14.3 Å². The molecule has 0 radical (unpaired) electrons. The molecule has 29 heavy (non-hydrogen) atoms. The fourth-order valence-electron chi connectivity index (χ4n) is 3.30. The number of Topliss-reactive ketones (excluding diaryl/α,β-unsaturated/α-hetero) is 1. The average molecular weight is 381 g/mol. The van der Waals surface area contributed by atoms with Crippen molar-refractivity contribution in [2.24, 2.45) is 0 Å². The van der Waals surface area contributed by atoms with Gasteiger partial charge in [0.05, 0.1) is 11.1 Å². The molecule has 1 aromatic heterocycles. The number of pyridine rings is 1. The Kier molecular flexibility index (Phi) is 5.16. The predicted molar refractivity (Wildman–Crippen MR) is 112 cm³/mol. The van der Waals surface area contributed by atoms with Crippen LogP contribution in [0.4, 0.5) is 0 Å². The Balaban J connectivity index is 1.74. The van der Waals surface area contributed by atoms with Crippen LogP contribution in [0.2, 0.25) is 0 Å². The highest BCUT2D eigenvalue weighted by atomic mass is 16.5. The van der Waals surface area contributed by atoms with E-state index in [1.165, 1.54) is 0 Å². The Hall–Kier alpha value is -3.79. The van der Waals surface area contributed by atoms with Gasteiger partial charge in [0.15, 0.2) is 6.10 Å². The third kappa shape index (κ3) is 3.92. The Labute approximate surface area is 168 Å². The number of rotatable bonds is 5. The molecule has 0 amide bonds. The molecular weight excluding hydrogens is 362 g/mol. The minimum Gasteiger partial charge on any atom is -0.445 e. The molecule has 0 N–H and O–H groups in total. The maximum absolute atomic E-state index is 13.2. The van der Waals surface area contributed by atoms with Crippen LogP contribution in [0, 0.1) is 6.92 Å². The van der Waals surface area contributed by atoms with Gasteiger partial charge in [-0.25, -0.2) is 4.79 Å². The topological polar surface area (TPSA) is 56.3 Å². The van der Waals surface area contributed by atoms with Crippen molar-refractivity contribution in [3.05, 3.63) is 113 Å². The minimum atomic E-state index is -1.03. The number of carbonyl (C=O) groups is 2. The number of hydrogen-bond donors (Lipinski definition) is 0. The zero-order valence-electron chi connectivity index (χ0n) is 15.9. The van der Waals surface area contributed by atoms with Crippen LogP contribution in [-0.2, 0) is 4.74 Å². The molecule has 0 saturated heterocycles. The Morgan fingerprint density at radius 2 is 1.45 bits per heavy atom. The van der Waals surface area contributed by atoms with Crippen molar-refractivity contribution in [3.63, 3.8) is 0 Å². The molecule has 0 saturated carbocycles. The number of fused-ring (bicyclic) bond motifs is 1. The Morgan fingerprint density at radius 1 is 0.828 bits per heavy atom. The fourth-order valence-corrected chi connectivity index (χ4v) is 3.30. The lowest BCUT2D eigenvalue weighted by molar-refractivity contribution is 0.0282. The summed E-state index contributed by atoms with van der Waals surface area (Å²) >= 11 is 0. The largest absolute Gasteiger partial charge is 0.445 e. The van der Waals surface area contributed by atoms with Crippen LogP contribution in [0.5, 0.6) is 0 Å². The average Bonchev–Trinajstić information content (AvgIpc) is 2.77. The Bertz CT molecular complexity index is 1170. The van der Waals surface area contributed by atoms with E-state index in [-0.39, 0.29) is 5.78 Å². The molecule has 1 heterocycles. The van der Waals surface area contributed by atoms with Crippen LogP contribution in [0.15, 0.2) is 91.0 Å². The van der Waals surface area contributed by atoms with Gasteiger partial charge in [0.1, 0.15) is 0 Å². The van der Waals surface area contributed by atoms with Crippen molar-refractivity contribution in [2.45, 2.75) is 13.0 Å². The van der Waals surface area contributed by atoms with E-state index in [4.69, 9.17) is 4.74 Å². The molecular formula is C25H19NO3. The van der Waals surface area contributed by atoms with Crippen LogP contribution < -0.4 is 0 Å². The highest BCUT2D eigenvalue weighted by molar-refractivity contribution is 6.06. The molecule has 0 aliphatic rings. The van der Waals surface area contributed by atoms with E-state index in [1.54, 1.807) is 42.5 Å². The number of aryl methyl sites for hydroxylation is 1. The molecule has 142 valence electrons. The number of para-hydroxylation sites is 1. The summed E-state index contributed by atoms with van der Waals surface area (Å²) in [4.78, 5) is 30.7. The summed E-state index contributed by atoms with van der Waals surface area (Å²) in [6, 6.07) is 27.0. The van der Waals surface area contributed by atoms with Gasteiger partial charge in [-0.05, 0) is 19.1 Å². The maximum Gasteiger partial charge on any atom is 0.339 e. The molecule has 0 aliphatic heterocycles. The molecule has 0 bridgehead atoms. The second-order valence-corrected chi connectivity index (χ2v) is 6.75. The molecule has 4 nitrogen and oxygen atoms in total. The summed E-state index contributed by atoms with van der Waals surface area (Å²) in [5.41, 5.74) is 2.94. The van der Waals surface area contributed by atoms with Crippen molar-refractivity contribution in [3.8, 4) is 0 Å². The lowest BCUT2D eigenvalue weighted by Crippen LogP contribution is -2.20. The van der Waals surface area contributed by atoms with Crippen molar-refractivity contribution in [1.82, 2.24) is 4.98 Å². The number of ether oxygens (including phenoxy) is 1. The molecule has 4 aromatic rings. The van der Waals surface area contributed by atoms with Gasteiger partial charge in [-0.2, -0.15) is 0 Å². The first-order chi connectivity index (χ1) is 14.1. The summed E-state index contributed by atoms with van der Waals surface area (Å²) in [7, 11) is 0. The highest BCUT2D eigenvalue weighted by Gasteiger charge is 2.27. The van der Waals surface area contributed by atoms with E-state index < -0.39 is 12.1 Å². The van der Waals surface area contributed by atoms with E-state index in [1.807, 2.05) is 55.5 Å². The van der Waals surface area contributed by atoms with Gasteiger partial charge in [-0.1, -0.05) is 78.9 Å². The highest BCUT2D eigenvalue weighted by Crippen LogP contribution is 2.26. The van der Waals surface area contributed by atoms with Crippen molar-refractivity contribution >= 4 is 22.7 Å². The van der Waals surface area contributed by atoms with Gasteiger partial charge >= 0.3 is 5.97 Å². The quantitative estimate of drug-likeness (QED) is 0.347. The zero-order valence-corrected chi connectivity index (χ0v) is 15.9. The lowest BCUT2D eigenvalue weighted by atomic mass is 9.99. The van der Waals surface area contributed by atoms with Gasteiger partial charge < -0.3 is 4.74 Å². The number of nitrogens with zero attached hydrogens (tertiary/aromatic N) is 1. The summed E-state index contributed by atoms with van der Waals surface area (Å²) in [5, 5.41) is 0.696. The molecule has 0 spiro atoms. The standard InChI is InChI=1S/C25H19NO3/c1-17-16-21(20-14-8-9-15-22(20)26-17)25(28)29-24(19-12-6-3-7-13-19)23(27)18-10-4-2-5-11-18/h2-16,24H,1H3/t24-/m1/s1. The SMILES string of the molecule is Cc1cc(C(=O)O[C@@H](C(=O)c2ccccc2)c2ccccc2)c2ccccc2n1. The number of hydrogen-bond acceptors (Lipinski definition) is 4. The molecule has 0 aliphatic carbocycles. The number of carbonyl (C=O) groups excluding carboxylic acids is 2. The van der Waals surface area contributed by atoms with Crippen molar-refractivity contribution in [1.29, 1.82) is 0 Å². The van der Waals surface area contributed by atoms with E-state index in [2.05, 4.69) is 4.98 Å². The van der Waals surface area contributed by atoms with Gasteiger partial charge in [-0.15, -0.1) is 0 Å². The number of esters is 1. The van der Waals surface area contributed by atoms with E-state index in [9.17, 15) is 9.59 Å². The number of aromatic nitrogens is 1. The third-order valence-electron chi connectivity index (χ3n) is 4.69. The Morgan fingerprint density at radius 3 is 2.17 bits per heavy atom. The van der Waals surface area contributed by atoms with Crippen LogP contribution in [-0.4, -0.2) is 16.7 Å². The number of ketones is 1.